The van der Waals surface area contributed by atoms with E-state index in [4.69, 9.17) is 5.84 Å². The van der Waals surface area contributed by atoms with Crippen LogP contribution in [-0.4, -0.2) is 12.6 Å². The molecule has 0 aliphatic rings. The normalized spacial score (nSPS) is 12.1. The second-order valence-corrected chi connectivity index (χ2v) is 3.52. The molecule has 1 unspecified atom stereocenters. The van der Waals surface area contributed by atoms with Crippen LogP contribution in [0.25, 0.3) is 0 Å². The highest BCUT2D eigenvalue weighted by atomic mass is 35.5. The topological polar surface area (TPSA) is 50.1 Å². The zero-order valence-corrected chi connectivity index (χ0v) is 11.3. The summed E-state index contributed by atoms with van der Waals surface area (Å²) in [6.07, 6.45) is -4.29. The fraction of sp³-hybridized carbons (Fsp3) is 0.400. The van der Waals surface area contributed by atoms with E-state index in [0.717, 1.165) is 12.1 Å². The van der Waals surface area contributed by atoms with Gasteiger partial charge in [-0.1, -0.05) is 0 Å². The Morgan fingerprint density at radius 1 is 1.17 bits per heavy atom. The van der Waals surface area contributed by atoms with E-state index in [2.05, 4.69) is 10.7 Å². The maximum atomic E-state index is 12.2. The molecule has 8 heteroatoms. The van der Waals surface area contributed by atoms with Crippen LogP contribution in [0, 0.1) is 0 Å². The van der Waals surface area contributed by atoms with E-state index >= 15 is 0 Å². The Labute approximate surface area is 116 Å². The van der Waals surface area contributed by atoms with Gasteiger partial charge in [0.2, 0.25) is 0 Å². The minimum atomic E-state index is -4.29. The Hall–Kier alpha value is -0.690. The number of rotatable bonds is 4. The van der Waals surface area contributed by atoms with Crippen molar-refractivity contribution < 1.29 is 13.2 Å². The van der Waals surface area contributed by atoms with E-state index in [-0.39, 0.29) is 30.9 Å². The third-order valence-corrected chi connectivity index (χ3v) is 2.11. The minimum Gasteiger partial charge on any atom is -0.383 e. The number of benzene rings is 1. The van der Waals surface area contributed by atoms with Crippen LogP contribution in [0.5, 0.6) is 0 Å². The number of anilines is 1. The van der Waals surface area contributed by atoms with Crippen molar-refractivity contribution in [1.29, 1.82) is 0 Å². The van der Waals surface area contributed by atoms with Gasteiger partial charge in [0, 0.05) is 18.3 Å². The first-order valence-electron chi connectivity index (χ1n) is 4.80. The summed E-state index contributed by atoms with van der Waals surface area (Å²) >= 11 is 0. The number of halogens is 5. The van der Waals surface area contributed by atoms with Gasteiger partial charge in [-0.15, -0.1) is 24.8 Å². The highest BCUT2D eigenvalue weighted by Gasteiger charge is 2.29. The SMILES string of the molecule is CC(CNc1ccc(C(F)(F)F)cc1)NN.Cl.Cl. The van der Waals surface area contributed by atoms with Crippen molar-refractivity contribution in [3.8, 4) is 0 Å². The van der Waals surface area contributed by atoms with E-state index in [0.29, 0.717) is 12.2 Å². The number of hydrazine groups is 1. The van der Waals surface area contributed by atoms with Gasteiger partial charge in [-0.25, -0.2) is 0 Å². The van der Waals surface area contributed by atoms with Crippen molar-refractivity contribution in [2.75, 3.05) is 11.9 Å². The monoisotopic (exact) mass is 305 g/mol. The van der Waals surface area contributed by atoms with Crippen LogP contribution < -0.4 is 16.6 Å². The zero-order valence-electron chi connectivity index (χ0n) is 9.62. The first kappa shape index (κ1) is 19.6. The third-order valence-electron chi connectivity index (χ3n) is 2.11. The summed E-state index contributed by atoms with van der Waals surface area (Å²) in [7, 11) is 0. The van der Waals surface area contributed by atoms with Crippen molar-refractivity contribution in [2.45, 2.75) is 19.1 Å². The van der Waals surface area contributed by atoms with E-state index < -0.39 is 11.7 Å². The van der Waals surface area contributed by atoms with Crippen LogP contribution >= 0.6 is 24.8 Å². The molecular formula is C10H16Cl2F3N3. The summed E-state index contributed by atoms with van der Waals surface area (Å²) in [5.74, 6) is 5.18. The van der Waals surface area contributed by atoms with E-state index in [9.17, 15) is 13.2 Å². The van der Waals surface area contributed by atoms with Crippen molar-refractivity contribution in [1.82, 2.24) is 5.43 Å². The molecule has 0 saturated carbocycles. The van der Waals surface area contributed by atoms with E-state index in [1.807, 2.05) is 6.92 Å². The predicted molar refractivity (Wildman–Crippen MR) is 71.2 cm³/mol. The fourth-order valence-corrected chi connectivity index (χ4v) is 1.11. The molecule has 0 saturated heterocycles. The lowest BCUT2D eigenvalue weighted by Crippen LogP contribution is -2.37. The Bertz CT molecular complexity index is 330. The molecule has 18 heavy (non-hydrogen) atoms. The van der Waals surface area contributed by atoms with Gasteiger partial charge in [-0.3, -0.25) is 11.3 Å². The number of alkyl halides is 3. The van der Waals surface area contributed by atoms with Gasteiger partial charge in [-0.05, 0) is 31.2 Å². The molecule has 1 aromatic carbocycles. The summed E-state index contributed by atoms with van der Waals surface area (Å²) < 4.78 is 36.7. The molecule has 1 aromatic rings. The van der Waals surface area contributed by atoms with E-state index in [1.54, 1.807) is 0 Å². The number of hydrogen-bond acceptors (Lipinski definition) is 3. The van der Waals surface area contributed by atoms with Crippen LogP contribution in [0.4, 0.5) is 18.9 Å². The van der Waals surface area contributed by atoms with Crippen molar-refractivity contribution in [3.05, 3.63) is 29.8 Å². The molecule has 0 aliphatic carbocycles. The highest BCUT2D eigenvalue weighted by Crippen LogP contribution is 2.29. The van der Waals surface area contributed by atoms with E-state index in [1.165, 1.54) is 12.1 Å². The first-order valence-corrected chi connectivity index (χ1v) is 4.80. The average molecular weight is 306 g/mol. The van der Waals surface area contributed by atoms with Crippen molar-refractivity contribution >= 4 is 30.5 Å². The lowest BCUT2D eigenvalue weighted by Gasteiger charge is -2.13. The highest BCUT2D eigenvalue weighted by molar-refractivity contribution is 5.85. The van der Waals surface area contributed by atoms with Gasteiger partial charge in [0.05, 0.1) is 5.56 Å². The van der Waals surface area contributed by atoms with Gasteiger partial charge >= 0.3 is 6.18 Å². The van der Waals surface area contributed by atoms with Crippen LogP contribution in [0.15, 0.2) is 24.3 Å². The van der Waals surface area contributed by atoms with Gasteiger partial charge in [0.25, 0.3) is 0 Å². The molecular weight excluding hydrogens is 290 g/mol. The zero-order chi connectivity index (χ0) is 12.2. The molecule has 1 atom stereocenters. The first-order chi connectivity index (χ1) is 7.43. The predicted octanol–water partition coefficient (Wildman–Crippen LogP) is 2.81. The quantitative estimate of drug-likeness (QED) is 0.592. The summed E-state index contributed by atoms with van der Waals surface area (Å²) in [5.41, 5.74) is 2.51. The molecule has 0 spiro atoms. The summed E-state index contributed by atoms with van der Waals surface area (Å²) in [6, 6.07) is 4.92. The van der Waals surface area contributed by atoms with Gasteiger partial charge in [0.1, 0.15) is 0 Å². The van der Waals surface area contributed by atoms with Crippen molar-refractivity contribution in [3.63, 3.8) is 0 Å². The number of hydrogen-bond donors (Lipinski definition) is 3. The standard InChI is InChI=1S/C10H14F3N3.2ClH/c1-7(16-14)6-15-9-4-2-8(3-5-9)10(11,12)13;;/h2-5,7,15-16H,6,14H2,1H3;2*1H. The molecule has 0 heterocycles. The third kappa shape index (κ3) is 6.30. The molecule has 0 bridgehead atoms. The second-order valence-electron chi connectivity index (χ2n) is 3.52. The molecule has 0 aromatic heterocycles. The maximum Gasteiger partial charge on any atom is 0.416 e. The fourth-order valence-electron chi connectivity index (χ4n) is 1.11. The summed E-state index contributed by atoms with van der Waals surface area (Å²) in [4.78, 5) is 0. The Balaban J connectivity index is 0. The molecule has 0 radical (unpaired) electrons. The minimum absolute atomic E-state index is 0. The lowest BCUT2D eigenvalue weighted by molar-refractivity contribution is -0.137. The average Bonchev–Trinajstić information content (AvgIpc) is 2.25. The Morgan fingerprint density at radius 3 is 2.06 bits per heavy atom. The largest absolute Gasteiger partial charge is 0.416 e. The van der Waals surface area contributed by atoms with Crippen LogP contribution in [0.3, 0.4) is 0 Å². The number of nitrogens with two attached hydrogens (primary N) is 1. The molecule has 106 valence electrons. The number of nitrogens with one attached hydrogen (secondary N) is 2. The smallest absolute Gasteiger partial charge is 0.383 e. The molecule has 1 rings (SSSR count). The Kier molecular flexibility index (Phi) is 9.19. The van der Waals surface area contributed by atoms with Crippen LogP contribution in [0.1, 0.15) is 12.5 Å². The van der Waals surface area contributed by atoms with Gasteiger partial charge < -0.3 is 5.32 Å². The molecule has 0 fully saturated rings. The lowest BCUT2D eigenvalue weighted by atomic mass is 10.2. The summed E-state index contributed by atoms with van der Waals surface area (Å²) in [5, 5.41) is 2.96. The molecule has 4 N–H and O–H groups in total. The van der Waals surface area contributed by atoms with Crippen molar-refractivity contribution in [2.24, 2.45) is 5.84 Å². The van der Waals surface area contributed by atoms with Crippen LogP contribution in [0.2, 0.25) is 0 Å². The molecule has 0 amide bonds. The molecule has 0 aliphatic heterocycles. The van der Waals surface area contributed by atoms with Gasteiger partial charge in [0.15, 0.2) is 0 Å². The van der Waals surface area contributed by atoms with Crippen LogP contribution in [-0.2, 0) is 6.18 Å². The molecule has 3 nitrogen and oxygen atoms in total. The second kappa shape index (κ2) is 8.42. The Morgan fingerprint density at radius 2 is 1.67 bits per heavy atom. The van der Waals surface area contributed by atoms with Gasteiger partial charge in [-0.2, -0.15) is 13.2 Å². The summed E-state index contributed by atoms with van der Waals surface area (Å²) in [6.45, 7) is 2.40. The maximum absolute atomic E-state index is 12.2.